The van der Waals surface area contributed by atoms with Crippen LogP contribution in [0.1, 0.15) is 84.0 Å². The summed E-state index contributed by atoms with van der Waals surface area (Å²) in [5.74, 6) is -2.20. The number of carbonyl (C=O) groups is 8. The van der Waals surface area contributed by atoms with Gasteiger partial charge in [0.1, 0.15) is 11.6 Å². The number of ether oxygens (including phenoxy) is 2. The minimum atomic E-state index is -0.425. The van der Waals surface area contributed by atoms with Gasteiger partial charge in [0, 0.05) is 67.8 Å². The average Bonchev–Trinajstić information content (AvgIpc) is 3.59. The maximum atomic E-state index is 12.7. The molecule has 0 saturated heterocycles. The Balaban J connectivity index is 1.20. The second-order valence-electron chi connectivity index (χ2n) is 11.8. The fourth-order valence-corrected chi connectivity index (χ4v) is 5.38. The topological polar surface area (TPSA) is 165 Å². The molecule has 0 aromatic carbocycles. The number of imide groups is 3. The highest BCUT2D eigenvalue weighted by Crippen LogP contribution is 2.21. The molecular formula is C34H45N3O10. The van der Waals surface area contributed by atoms with Gasteiger partial charge in [-0.3, -0.25) is 53.1 Å². The molecule has 0 radical (unpaired) electrons. The van der Waals surface area contributed by atoms with Crippen molar-refractivity contribution in [1.29, 1.82) is 0 Å². The summed E-state index contributed by atoms with van der Waals surface area (Å²) in [6.45, 7) is 3.43. The zero-order valence-corrected chi connectivity index (χ0v) is 27.2. The number of Topliss-reactive ketones (excluding diaryl/α,β-unsaturated/α-hetero) is 2. The minimum absolute atomic E-state index is 0.0571. The Hall–Kier alpha value is -4.10. The lowest BCUT2D eigenvalue weighted by Gasteiger charge is -2.15. The highest BCUT2D eigenvalue weighted by atomic mass is 16.5. The summed E-state index contributed by atoms with van der Waals surface area (Å²) in [6.07, 6.45) is 11.7. The van der Waals surface area contributed by atoms with Crippen LogP contribution in [-0.4, -0.2) is 108 Å². The normalized spacial score (nSPS) is 16.3. The van der Waals surface area contributed by atoms with Gasteiger partial charge >= 0.3 is 0 Å². The Kier molecular flexibility index (Phi) is 15.5. The van der Waals surface area contributed by atoms with Gasteiger partial charge in [-0.1, -0.05) is 25.7 Å². The molecule has 3 aliphatic rings. The van der Waals surface area contributed by atoms with E-state index in [0.29, 0.717) is 70.5 Å². The van der Waals surface area contributed by atoms with E-state index in [2.05, 4.69) is 0 Å². The quantitative estimate of drug-likeness (QED) is 0.105. The maximum absolute atomic E-state index is 12.7. The first-order valence-corrected chi connectivity index (χ1v) is 16.4. The molecule has 0 saturated carbocycles. The molecule has 0 N–H and O–H groups in total. The van der Waals surface area contributed by atoms with Crippen molar-refractivity contribution in [2.75, 3.05) is 46.1 Å². The number of amides is 6. The van der Waals surface area contributed by atoms with Gasteiger partial charge < -0.3 is 9.47 Å². The van der Waals surface area contributed by atoms with Crippen molar-refractivity contribution >= 4 is 47.0 Å². The summed E-state index contributed by atoms with van der Waals surface area (Å²) < 4.78 is 10.7. The van der Waals surface area contributed by atoms with Crippen LogP contribution in [0.15, 0.2) is 35.5 Å². The molecule has 6 amide bonds. The number of nitrogens with zero attached hydrogens (tertiary/aromatic N) is 3. The van der Waals surface area contributed by atoms with E-state index in [0.717, 1.165) is 30.6 Å². The molecule has 3 aliphatic heterocycles. The smallest absolute Gasteiger partial charge is 0.257 e. The third kappa shape index (κ3) is 12.2. The lowest BCUT2D eigenvalue weighted by Crippen LogP contribution is -2.34. The highest BCUT2D eigenvalue weighted by Gasteiger charge is 2.32. The highest BCUT2D eigenvalue weighted by molar-refractivity contribution is 6.18. The number of hydrogen-bond acceptors (Lipinski definition) is 10. The summed E-state index contributed by atoms with van der Waals surface area (Å²) in [5.41, 5.74) is 0.691. The van der Waals surface area contributed by atoms with Crippen LogP contribution < -0.4 is 0 Å². The van der Waals surface area contributed by atoms with E-state index in [1.165, 1.54) is 41.0 Å². The summed E-state index contributed by atoms with van der Waals surface area (Å²) in [7, 11) is 0. The summed E-state index contributed by atoms with van der Waals surface area (Å²) in [6, 6.07) is 0. The van der Waals surface area contributed by atoms with Gasteiger partial charge in [-0.2, -0.15) is 0 Å². The van der Waals surface area contributed by atoms with Crippen LogP contribution in [0.25, 0.3) is 0 Å². The SMILES string of the molecule is CC(=O)CCOCCOCCN1C(=O)C=C(CCCCCCCN2C(=O)C=C(CC(=O)CCCCCN3C(=O)C=CC3=O)C2=O)C1=O. The van der Waals surface area contributed by atoms with Gasteiger partial charge in [0.15, 0.2) is 0 Å². The van der Waals surface area contributed by atoms with Gasteiger partial charge in [0.2, 0.25) is 0 Å². The molecule has 0 fully saturated rings. The molecule has 0 aromatic rings. The largest absolute Gasteiger partial charge is 0.379 e. The molecular weight excluding hydrogens is 610 g/mol. The summed E-state index contributed by atoms with van der Waals surface area (Å²) >= 11 is 0. The van der Waals surface area contributed by atoms with E-state index in [1.54, 1.807) is 0 Å². The Morgan fingerprint density at radius 3 is 1.77 bits per heavy atom. The number of unbranched alkanes of at least 4 members (excludes halogenated alkanes) is 6. The summed E-state index contributed by atoms with van der Waals surface area (Å²) in [5, 5.41) is 0. The molecule has 0 aliphatic carbocycles. The second kappa shape index (κ2) is 19.5. The molecule has 3 heterocycles. The standard InChI is InChI=1S/C34H45N3O10/c1-25(38)14-18-46-20-21-47-19-17-37-31(42)23-26(33(37)44)10-6-3-2-4-8-16-36-32(43)24-27(34(36)45)22-28(39)11-7-5-9-15-35-29(40)12-13-30(35)41/h12-13,23-24H,2-11,14-22H2,1H3. The van der Waals surface area contributed by atoms with Crippen molar-refractivity contribution in [1.82, 2.24) is 14.7 Å². The van der Waals surface area contributed by atoms with Crippen LogP contribution in [0.2, 0.25) is 0 Å². The van der Waals surface area contributed by atoms with Gasteiger partial charge in [0.05, 0.1) is 33.0 Å². The van der Waals surface area contributed by atoms with Crippen LogP contribution in [-0.2, 0) is 47.8 Å². The zero-order valence-electron chi connectivity index (χ0n) is 27.2. The first-order chi connectivity index (χ1) is 22.6. The molecule has 0 unspecified atom stereocenters. The lowest BCUT2D eigenvalue weighted by molar-refractivity contribution is -0.139. The Bertz CT molecular complexity index is 1300. The fraction of sp³-hybridized carbons (Fsp3) is 0.588. The summed E-state index contributed by atoms with van der Waals surface area (Å²) in [4.78, 5) is 99.8. The number of carbonyl (C=O) groups excluding carboxylic acids is 8. The predicted octanol–water partition coefficient (Wildman–Crippen LogP) is 2.37. The number of rotatable bonds is 25. The average molecular weight is 656 g/mol. The third-order valence-corrected chi connectivity index (χ3v) is 8.05. The van der Waals surface area contributed by atoms with Crippen molar-refractivity contribution in [2.24, 2.45) is 0 Å². The van der Waals surface area contributed by atoms with Crippen LogP contribution >= 0.6 is 0 Å². The molecule has 0 aromatic heterocycles. The van der Waals surface area contributed by atoms with E-state index in [-0.39, 0.29) is 73.3 Å². The van der Waals surface area contributed by atoms with Crippen LogP contribution in [0.3, 0.4) is 0 Å². The molecule has 47 heavy (non-hydrogen) atoms. The van der Waals surface area contributed by atoms with Gasteiger partial charge in [-0.15, -0.1) is 0 Å². The second-order valence-corrected chi connectivity index (χ2v) is 11.8. The first kappa shape index (κ1) is 37.4. The molecule has 0 atom stereocenters. The molecule has 3 rings (SSSR count). The van der Waals surface area contributed by atoms with Gasteiger partial charge in [-0.05, 0) is 39.0 Å². The zero-order chi connectivity index (χ0) is 34.2. The predicted molar refractivity (Wildman–Crippen MR) is 168 cm³/mol. The number of ketones is 2. The monoisotopic (exact) mass is 655 g/mol. The molecule has 0 bridgehead atoms. The van der Waals surface area contributed by atoms with Crippen molar-refractivity contribution in [3.8, 4) is 0 Å². The van der Waals surface area contributed by atoms with Gasteiger partial charge in [-0.25, -0.2) is 0 Å². The Labute approximate surface area is 274 Å². The van der Waals surface area contributed by atoms with Crippen LogP contribution in [0.5, 0.6) is 0 Å². The van der Waals surface area contributed by atoms with E-state index >= 15 is 0 Å². The van der Waals surface area contributed by atoms with Crippen molar-refractivity contribution in [3.05, 3.63) is 35.5 Å². The fourth-order valence-electron chi connectivity index (χ4n) is 5.38. The molecule has 13 nitrogen and oxygen atoms in total. The van der Waals surface area contributed by atoms with Crippen LogP contribution in [0.4, 0.5) is 0 Å². The van der Waals surface area contributed by atoms with Crippen molar-refractivity contribution in [3.63, 3.8) is 0 Å². The first-order valence-electron chi connectivity index (χ1n) is 16.4. The van der Waals surface area contributed by atoms with E-state index < -0.39 is 11.8 Å². The van der Waals surface area contributed by atoms with Crippen molar-refractivity contribution < 1.29 is 47.8 Å². The van der Waals surface area contributed by atoms with E-state index in [9.17, 15) is 38.4 Å². The van der Waals surface area contributed by atoms with Crippen LogP contribution in [0, 0.1) is 0 Å². The van der Waals surface area contributed by atoms with Crippen molar-refractivity contribution in [2.45, 2.75) is 84.0 Å². The minimum Gasteiger partial charge on any atom is -0.379 e. The molecule has 256 valence electrons. The molecule has 13 heteroatoms. The van der Waals surface area contributed by atoms with Gasteiger partial charge in [0.25, 0.3) is 35.4 Å². The van der Waals surface area contributed by atoms with E-state index in [4.69, 9.17) is 9.47 Å². The Morgan fingerprint density at radius 2 is 1.09 bits per heavy atom. The maximum Gasteiger partial charge on any atom is 0.257 e. The third-order valence-electron chi connectivity index (χ3n) is 8.05. The Morgan fingerprint density at radius 1 is 0.553 bits per heavy atom. The lowest BCUT2D eigenvalue weighted by atomic mass is 10.0. The number of hydrogen-bond donors (Lipinski definition) is 0. The van der Waals surface area contributed by atoms with E-state index in [1.807, 2.05) is 0 Å². The molecule has 0 spiro atoms.